The Morgan fingerprint density at radius 1 is 1.22 bits per heavy atom. The monoisotopic (exact) mass is 425 g/mol. The van der Waals surface area contributed by atoms with Crippen LogP contribution in [0.15, 0.2) is 59.2 Å². The molecule has 1 atom stereocenters. The molecular weight excluding hydrogens is 406 g/mol. The molecular formula is C21H20BrN3O2. The van der Waals surface area contributed by atoms with E-state index in [-0.39, 0.29) is 11.8 Å². The fraction of sp³-hybridized carbons (Fsp3) is 0.238. The van der Waals surface area contributed by atoms with Crippen molar-refractivity contribution in [2.45, 2.75) is 26.1 Å². The first-order valence-electron chi connectivity index (χ1n) is 8.95. The second-order valence-electron chi connectivity index (χ2n) is 6.77. The van der Waals surface area contributed by atoms with Crippen LogP contribution in [0.1, 0.15) is 22.8 Å². The van der Waals surface area contributed by atoms with Gasteiger partial charge in [0.25, 0.3) is 5.91 Å². The normalized spacial score (nSPS) is 14.4. The third kappa shape index (κ3) is 3.37. The molecule has 0 saturated carbocycles. The highest BCUT2D eigenvalue weighted by Gasteiger charge is 2.33. The van der Waals surface area contributed by atoms with E-state index >= 15 is 0 Å². The van der Waals surface area contributed by atoms with Crippen LogP contribution in [-0.2, 0) is 17.9 Å². The molecule has 1 aliphatic heterocycles. The summed E-state index contributed by atoms with van der Waals surface area (Å²) in [6.45, 7) is 3.45. The lowest BCUT2D eigenvalue weighted by molar-refractivity contribution is -0.125. The van der Waals surface area contributed by atoms with E-state index in [1.54, 1.807) is 11.8 Å². The number of benzene rings is 2. The second-order valence-corrected chi connectivity index (χ2v) is 7.69. The summed E-state index contributed by atoms with van der Waals surface area (Å²) in [5.74, 6) is -0.205. The van der Waals surface area contributed by atoms with Crippen LogP contribution in [0, 0.1) is 0 Å². The fourth-order valence-electron chi connectivity index (χ4n) is 3.53. The lowest BCUT2D eigenvalue weighted by atomic mass is 10.1. The maximum Gasteiger partial charge on any atom is 0.255 e. The van der Waals surface area contributed by atoms with Crippen molar-refractivity contribution in [1.82, 2.24) is 14.8 Å². The summed E-state index contributed by atoms with van der Waals surface area (Å²) >= 11 is 3.50. The number of nitrogens with one attached hydrogen (secondary N) is 1. The number of fused-ring (bicyclic) bond motifs is 2. The maximum atomic E-state index is 12.6. The molecule has 0 radical (unpaired) electrons. The lowest BCUT2D eigenvalue weighted by Crippen LogP contribution is -2.45. The number of nitrogens with zero attached hydrogens (tertiary/aromatic N) is 2. The quantitative estimate of drug-likeness (QED) is 0.679. The number of carbonyl (C=O) groups excluding carboxylic acids is 2. The third-order valence-electron chi connectivity index (χ3n) is 5.08. The van der Waals surface area contributed by atoms with E-state index in [0.717, 1.165) is 15.6 Å². The standard InChI is InChI=1S/C21H20BrN3O2/c1-14(25-13-16-4-2-3-5-18(16)21(25)27)20(26)23-9-11-24-10-8-15-6-7-17(22)12-19(15)24/h2-8,10,12,14H,9,11,13H2,1H3,(H,23,26)/t14-/m1/s1. The highest BCUT2D eigenvalue weighted by atomic mass is 79.9. The summed E-state index contributed by atoms with van der Waals surface area (Å²) in [4.78, 5) is 26.7. The van der Waals surface area contributed by atoms with Gasteiger partial charge >= 0.3 is 0 Å². The van der Waals surface area contributed by atoms with Crippen LogP contribution in [-0.4, -0.2) is 33.9 Å². The second kappa shape index (κ2) is 7.19. The molecule has 138 valence electrons. The first-order valence-corrected chi connectivity index (χ1v) is 9.75. The molecule has 5 nitrogen and oxygen atoms in total. The third-order valence-corrected chi connectivity index (χ3v) is 5.58. The zero-order valence-electron chi connectivity index (χ0n) is 15.0. The van der Waals surface area contributed by atoms with Gasteiger partial charge in [-0.15, -0.1) is 0 Å². The van der Waals surface area contributed by atoms with Crippen molar-refractivity contribution in [3.8, 4) is 0 Å². The molecule has 0 saturated heterocycles. The minimum atomic E-state index is -0.500. The van der Waals surface area contributed by atoms with E-state index in [0.29, 0.717) is 25.2 Å². The number of carbonyl (C=O) groups is 2. The number of amides is 2. The van der Waals surface area contributed by atoms with Crippen LogP contribution in [0.3, 0.4) is 0 Å². The first-order chi connectivity index (χ1) is 13.0. The SMILES string of the molecule is C[C@H](C(=O)NCCn1ccc2ccc(Br)cc21)N1Cc2ccccc2C1=O. The van der Waals surface area contributed by atoms with E-state index < -0.39 is 6.04 Å². The number of rotatable bonds is 5. The van der Waals surface area contributed by atoms with Crippen LogP contribution in [0.2, 0.25) is 0 Å². The van der Waals surface area contributed by atoms with Crippen molar-refractivity contribution in [3.05, 3.63) is 70.3 Å². The van der Waals surface area contributed by atoms with Gasteiger partial charge in [-0.05, 0) is 42.1 Å². The Balaban J connectivity index is 1.37. The summed E-state index contributed by atoms with van der Waals surface area (Å²) in [5, 5.41) is 4.12. The largest absolute Gasteiger partial charge is 0.353 e. The van der Waals surface area contributed by atoms with Crippen molar-refractivity contribution >= 4 is 38.6 Å². The van der Waals surface area contributed by atoms with Crippen molar-refractivity contribution in [1.29, 1.82) is 0 Å². The average Bonchev–Trinajstić information content (AvgIpc) is 3.22. The van der Waals surface area contributed by atoms with Gasteiger partial charge in [-0.3, -0.25) is 9.59 Å². The van der Waals surface area contributed by atoms with Crippen molar-refractivity contribution in [2.75, 3.05) is 6.54 Å². The lowest BCUT2D eigenvalue weighted by Gasteiger charge is -2.23. The molecule has 27 heavy (non-hydrogen) atoms. The van der Waals surface area contributed by atoms with E-state index in [1.807, 2.05) is 36.5 Å². The molecule has 4 rings (SSSR count). The Labute approximate surface area is 166 Å². The zero-order chi connectivity index (χ0) is 19.0. The molecule has 3 aromatic rings. The first kappa shape index (κ1) is 17.8. The topological polar surface area (TPSA) is 54.3 Å². The van der Waals surface area contributed by atoms with Gasteiger partial charge in [-0.25, -0.2) is 0 Å². The van der Waals surface area contributed by atoms with Gasteiger partial charge in [0, 0.05) is 41.4 Å². The van der Waals surface area contributed by atoms with Gasteiger partial charge < -0.3 is 14.8 Å². The Bertz CT molecular complexity index is 1030. The number of halogens is 1. The van der Waals surface area contributed by atoms with Gasteiger partial charge in [0.1, 0.15) is 6.04 Å². The Morgan fingerprint density at radius 3 is 2.85 bits per heavy atom. The summed E-state index contributed by atoms with van der Waals surface area (Å²) in [7, 11) is 0. The number of hydrogen-bond donors (Lipinski definition) is 1. The summed E-state index contributed by atoms with van der Waals surface area (Å²) in [5.41, 5.74) is 2.80. The molecule has 0 unspecified atom stereocenters. The van der Waals surface area contributed by atoms with Gasteiger partial charge in [-0.2, -0.15) is 0 Å². The van der Waals surface area contributed by atoms with Crippen molar-refractivity contribution < 1.29 is 9.59 Å². The van der Waals surface area contributed by atoms with Crippen LogP contribution in [0.4, 0.5) is 0 Å². The molecule has 1 aliphatic rings. The highest BCUT2D eigenvalue weighted by Crippen LogP contribution is 2.24. The van der Waals surface area contributed by atoms with E-state index in [9.17, 15) is 9.59 Å². The van der Waals surface area contributed by atoms with Crippen LogP contribution < -0.4 is 5.32 Å². The van der Waals surface area contributed by atoms with Crippen LogP contribution in [0.5, 0.6) is 0 Å². The van der Waals surface area contributed by atoms with Gasteiger partial charge in [-0.1, -0.05) is 40.2 Å². The van der Waals surface area contributed by atoms with Crippen molar-refractivity contribution in [3.63, 3.8) is 0 Å². The number of aromatic nitrogens is 1. The molecule has 6 heteroatoms. The molecule has 2 heterocycles. The fourth-order valence-corrected chi connectivity index (χ4v) is 3.88. The molecule has 2 aromatic carbocycles. The van der Waals surface area contributed by atoms with Crippen LogP contribution in [0.25, 0.3) is 10.9 Å². The molecule has 0 spiro atoms. The predicted octanol–water partition coefficient (Wildman–Crippen LogP) is 3.56. The van der Waals surface area contributed by atoms with Gasteiger partial charge in [0.2, 0.25) is 5.91 Å². The number of hydrogen-bond acceptors (Lipinski definition) is 2. The molecule has 0 fully saturated rings. The predicted molar refractivity (Wildman–Crippen MR) is 108 cm³/mol. The Morgan fingerprint density at radius 2 is 2.04 bits per heavy atom. The molecule has 2 amide bonds. The van der Waals surface area contributed by atoms with Gasteiger partial charge in [0.05, 0.1) is 0 Å². The minimum absolute atomic E-state index is 0.0745. The zero-order valence-corrected chi connectivity index (χ0v) is 16.6. The molecule has 0 aliphatic carbocycles. The highest BCUT2D eigenvalue weighted by molar-refractivity contribution is 9.10. The minimum Gasteiger partial charge on any atom is -0.353 e. The van der Waals surface area contributed by atoms with E-state index in [1.165, 1.54) is 5.39 Å². The summed E-state index contributed by atoms with van der Waals surface area (Å²) in [6, 6.07) is 15.2. The summed E-state index contributed by atoms with van der Waals surface area (Å²) in [6.07, 6.45) is 2.02. The van der Waals surface area contributed by atoms with E-state index in [2.05, 4.69) is 44.0 Å². The van der Waals surface area contributed by atoms with Crippen LogP contribution >= 0.6 is 15.9 Å². The molecule has 1 N–H and O–H groups in total. The molecule has 1 aromatic heterocycles. The maximum absolute atomic E-state index is 12.6. The average molecular weight is 426 g/mol. The summed E-state index contributed by atoms with van der Waals surface area (Å²) < 4.78 is 3.14. The smallest absolute Gasteiger partial charge is 0.255 e. The molecule has 0 bridgehead atoms. The van der Waals surface area contributed by atoms with E-state index in [4.69, 9.17) is 0 Å². The van der Waals surface area contributed by atoms with Crippen molar-refractivity contribution in [2.24, 2.45) is 0 Å². The Hall–Kier alpha value is -2.60. The Kier molecular flexibility index (Phi) is 4.74. The van der Waals surface area contributed by atoms with Gasteiger partial charge in [0.15, 0.2) is 0 Å².